The summed E-state index contributed by atoms with van der Waals surface area (Å²) >= 11 is 0. The van der Waals surface area contributed by atoms with Crippen LogP contribution in [0, 0.1) is 0 Å². The van der Waals surface area contributed by atoms with E-state index in [0.29, 0.717) is 43.2 Å². The van der Waals surface area contributed by atoms with E-state index in [-0.39, 0.29) is 16.7 Å². The Kier molecular flexibility index (Phi) is 8.35. The summed E-state index contributed by atoms with van der Waals surface area (Å²) in [4.78, 5) is 16.9. The van der Waals surface area contributed by atoms with Crippen LogP contribution in [-0.4, -0.2) is 31.0 Å². The highest BCUT2D eigenvalue weighted by molar-refractivity contribution is 7.89. The van der Waals surface area contributed by atoms with Crippen LogP contribution in [0.5, 0.6) is 0 Å². The number of carbonyl (C=O) groups is 1. The van der Waals surface area contributed by atoms with Crippen LogP contribution in [0.3, 0.4) is 0 Å². The standard InChI is InChI=1S/C24H30N4O4S/c1-4-15-25-33(30,31)21-12-7-18(8-13-21)9-14-23(29)26-20-10-5-19(6-11-20)16-22-27-24(17(2)3)32-28-22/h5-8,10-13,17,25H,4,9,14-16H2,1-3H3,(H,26,29). The highest BCUT2D eigenvalue weighted by Gasteiger charge is 2.13. The van der Waals surface area contributed by atoms with Crippen LogP contribution in [0.1, 0.15) is 62.4 Å². The van der Waals surface area contributed by atoms with E-state index in [1.165, 1.54) is 0 Å². The molecule has 9 heteroatoms. The van der Waals surface area contributed by atoms with Crippen molar-refractivity contribution in [3.63, 3.8) is 0 Å². The molecule has 0 atom stereocenters. The third-order valence-electron chi connectivity index (χ3n) is 4.99. The number of nitrogens with one attached hydrogen (secondary N) is 2. The first-order valence-corrected chi connectivity index (χ1v) is 12.5. The van der Waals surface area contributed by atoms with Crippen LogP contribution >= 0.6 is 0 Å². The molecule has 176 valence electrons. The Labute approximate surface area is 194 Å². The van der Waals surface area contributed by atoms with E-state index in [2.05, 4.69) is 20.2 Å². The number of rotatable bonds is 11. The zero-order valence-electron chi connectivity index (χ0n) is 19.2. The lowest BCUT2D eigenvalue weighted by molar-refractivity contribution is -0.116. The Bertz CT molecular complexity index is 1150. The second-order valence-corrected chi connectivity index (χ2v) is 9.93. The van der Waals surface area contributed by atoms with Gasteiger partial charge >= 0.3 is 0 Å². The van der Waals surface area contributed by atoms with Crippen molar-refractivity contribution in [2.24, 2.45) is 0 Å². The first-order chi connectivity index (χ1) is 15.8. The van der Waals surface area contributed by atoms with Crippen molar-refractivity contribution in [1.29, 1.82) is 0 Å². The summed E-state index contributed by atoms with van der Waals surface area (Å²) in [7, 11) is -3.48. The molecule has 2 N–H and O–H groups in total. The molecule has 0 aliphatic carbocycles. The monoisotopic (exact) mass is 470 g/mol. The van der Waals surface area contributed by atoms with Crippen LogP contribution in [0.2, 0.25) is 0 Å². The second-order valence-electron chi connectivity index (χ2n) is 8.17. The van der Waals surface area contributed by atoms with Gasteiger partial charge in [-0.3, -0.25) is 4.79 Å². The predicted octanol–water partition coefficient (Wildman–Crippen LogP) is 4.04. The van der Waals surface area contributed by atoms with Gasteiger partial charge in [0.05, 0.1) is 4.90 Å². The van der Waals surface area contributed by atoms with E-state index in [1.54, 1.807) is 24.3 Å². The van der Waals surface area contributed by atoms with E-state index in [0.717, 1.165) is 17.5 Å². The van der Waals surface area contributed by atoms with Gasteiger partial charge in [0.25, 0.3) is 0 Å². The molecule has 0 saturated carbocycles. The topological polar surface area (TPSA) is 114 Å². The van der Waals surface area contributed by atoms with Crippen molar-refractivity contribution in [3.8, 4) is 0 Å². The zero-order valence-corrected chi connectivity index (χ0v) is 20.0. The average molecular weight is 471 g/mol. The number of hydrogen-bond acceptors (Lipinski definition) is 6. The fraction of sp³-hybridized carbons (Fsp3) is 0.375. The second kappa shape index (κ2) is 11.2. The van der Waals surface area contributed by atoms with E-state index in [9.17, 15) is 13.2 Å². The summed E-state index contributed by atoms with van der Waals surface area (Å²) in [5.41, 5.74) is 2.63. The SMILES string of the molecule is CCCNS(=O)(=O)c1ccc(CCC(=O)Nc2ccc(Cc3noc(C(C)C)n3)cc2)cc1. The molecule has 1 aromatic heterocycles. The Morgan fingerprint density at radius 3 is 2.30 bits per heavy atom. The molecule has 0 radical (unpaired) electrons. The van der Waals surface area contributed by atoms with Gasteiger partial charge in [-0.15, -0.1) is 0 Å². The fourth-order valence-corrected chi connectivity index (χ4v) is 4.23. The molecule has 0 aliphatic rings. The Balaban J connectivity index is 1.48. The molecule has 0 bridgehead atoms. The van der Waals surface area contributed by atoms with Crippen molar-refractivity contribution >= 4 is 21.6 Å². The van der Waals surface area contributed by atoms with Gasteiger partial charge in [-0.05, 0) is 48.2 Å². The Hall–Kier alpha value is -3.04. The smallest absolute Gasteiger partial charge is 0.240 e. The molecule has 1 amide bonds. The van der Waals surface area contributed by atoms with Crippen molar-refractivity contribution in [2.75, 3.05) is 11.9 Å². The molecule has 3 aromatic rings. The first kappa shape index (κ1) is 24.6. The largest absolute Gasteiger partial charge is 0.339 e. The summed E-state index contributed by atoms with van der Waals surface area (Å²) in [5.74, 6) is 1.34. The summed E-state index contributed by atoms with van der Waals surface area (Å²) < 4.78 is 32.0. The average Bonchev–Trinajstić information content (AvgIpc) is 3.27. The minimum Gasteiger partial charge on any atom is -0.339 e. The molecule has 0 spiro atoms. The maximum atomic E-state index is 12.3. The lowest BCUT2D eigenvalue weighted by Crippen LogP contribution is -2.24. The van der Waals surface area contributed by atoms with Gasteiger partial charge in [0.2, 0.25) is 21.8 Å². The minimum atomic E-state index is -3.48. The highest BCUT2D eigenvalue weighted by Crippen LogP contribution is 2.16. The first-order valence-electron chi connectivity index (χ1n) is 11.1. The number of aromatic nitrogens is 2. The maximum Gasteiger partial charge on any atom is 0.240 e. The lowest BCUT2D eigenvalue weighted by atomic mass is 10.1. The summed E-state index contributed by atoms with van der Waals surface area (Å²) in [6, 6.07) is 14.2. The number of carbonyl (C=O) groups excluding carboxylic acids is 1. The van der Waals surface area contributed by atoms with Gasteiger partial charge in [0.1, 0.15) is 0 Å². The van der Waals surface area contributed by atoms with Gasteiger partial charge in [0, 0.05) is 31.0 Å². The third-order valence-corrected chi connectivity index (χ3v) is 6.47. The number of benzene rings is 2. The number of nitrogens with zero attached hydrogens (tertiary/aromatic N) is 2. The quantitative estimate of drug-likeness (QED) is 0.437. The van der Waals surface area contributed by atoms with Gasteiger partial charge in [-0.1, -0.05) is 50.2 Å². The number of sulfonamides is 1. The summed E-state index contributed by atoms with van der Waals surface area (Å²) in [6.07, 6.45) is 2.10. The molecule has 0 unspecified atom stereocenters. The summed E-state index contributed by atoms with van der Waals surface area (Å²) in [5, 5.41) is 6.88. The molecule has 0 saturated heterocycles. The van der Waals surface area contributed by atoms with E-state index in [4.69, 9.17) is 4.52 Å². The number of amides is 1. The van der Waals surface area contributed by atoms with Crippen molar-refractivity contribution in [1.82, 2.24) is 14.9 Å². The van der Waals surface area contributed by atoms with E-state index < -0.39 is 10.0 Å². The fourth-order valence-electron chi connectivity index (χ4n) is 3.10. The Morgan fingerprint density at radius 2 is 1.70 bits per heavy atom. The van der Waals surface area contributed by atoms with E-state index in [1.807, 2.05) is 45.0 Å². The van der Waals surface area contributed by atoms with Gasteiger partial charge in [-0.2, -0.15) is 4.98 Å². The van der Waals surface area contributed by atoms with Crippen LogP contribution in [-0.2, 0) is 27.7 Å². The zero-order chi connectivity index (χ0) is 23.8. The van der Waals surface area contributed by atoms with Gasteiger partial charge in [0.15, 0.2) is 5.82 Å². The minimum absolute atomic E-state index is 0.108. The number of aryl methyl sites for hydroxylation is 1. The molecule has 2 aromatic carbocycles. The van der Waals surface area contributed by atoms with Crippen molar-refractivity contribution in [3.05, 3.63) is 71.4 Å². The van der Waals surface area contributed by atoms with Crippen LogP contribution in [0.25, 0.3) is 0 Å². The molecule has 1 heterocycles. The van der Waals surface area contributed by atoms with Crippen molar-refractivity contribution < 1.29 is 17.7 Å². The molecule has 0 fully saturated rings. The normalized spacial score (nSPS) is 11.6. The number of hydrogen-bond donors (Lipinski definition) is 2. The molecule has 0 aliphatic heterocycles. The van der Waals surface area contributed by atoms with E-state index >= 15 is 0 Å². The third kappa shape index (κ3) is 7.23. The van der Waals surface area contributed by atoms with Crippen LogP contribution < -0.4 is 10.0 Å². The predicted molar refractivity (Wildman–Crippen MR) is 127 cm³/mol. The Morgan fingerprint density at radius 1 is 1.03 bits per heavy atom. The maximum absolute atomic E-state index is 12.3. The molecule has 3 rings (SSSR count). The highest BCUT2D eigenvalue weighted by atomic mass is 32.2. The van der Waals surface area contributed by atoms with Crippen LogP contribution in [0.15, 0.2) is 57.9 Å². The van der Waals surface area contributed by atoms with Crippen LogP contribution in [0.4, 0.5) is 5.69 Å². The van der Waals surface area contributed by atoms with Crippen molar-refractivity contribution in [2.45, 2.75) is 57.3 Å². The molecular weight excluding hydrogens is 440 g/mol. The van der Waals surface area contributed by atoms with Gasteiger partial charge in [-0.25, -0.2) is 13.1 Å². The lowest BCUT2D eigenvalue weighted by Gasteiger charge is -2.08. The summed E-state index contributed by atoms with van der Waals surface area (Å²) in [6.45, 7) is 6.31. The molecular formula is C24H30N4O4S. The molecule has 8 nitrogen and oxygen atoms in total. The number of anilines is 1. The molecule has 33 heavy (non-hydrogen) atoms. The van der Waals surface area contributed by atoms with Gasteiger partial charge < -0.3 is 9.84 Å².